The number of carboxylic acids is 1. The van der Waals surface area contributed by atoms with Crippen molar-refractivity contribution in [3.05, 3.63) is 69.1 Å². The number of hydrogen-bond acceptors (Lipinski definition) is 2. The van der Waals surface area contributed by atoms with Crippen molar-refractivity contribution < 1.29 is 19.1 Å². The summed E-state index contributed by atoms with van der Waals surface area (Å²) in [7, 11) is 0. The zero-order valence-corrected chi connectivity index (χ0v) is 18.1. The molecule has 1 aliphatic carbocycles. The lowest BCUT2D eigenvalue weighted by molar-refractivity contribution is -0.137. The number of rotatable bonds is 6. The van der Waals surface area contributed by atoms with Crippen molar-refractivity contribution in [1.82, 2.24) is 9.88 Å². The Labute approximate surface area is 188 Å². The van der Waals surface area contributed by atoms with Gasteiger partial charge in [-0.25, -0.2) is 4.39 Å². The van der Waals surface area contributed by atoms with E-state index in [-0.39, 0.29) is 24.3 Å². The maximum absolute atomic E-state index is 13.9. The fourth-order valence-electron chi connectivity index (χ4n) is 4.33. The summed E-state index contributed by atoms with van der Waals surface area (Å²) in [6, 6.07) is 9.53. The number of aliphatic carboxylic acids is 1. The van der Waals surface area contributed by atoms with Gasteiger partial charge in [-0.1, -0.05) is 29.3 Å². The molecule has 1 amide bonds. The molecule has 0 saturated carbocycles. The van der Waals surface area contributed by atoms with Crippen LogP contribution in [0.5, 0.6) is 0 Å². The summed E-state index contributed by atoms with van der Waals surface area (Å²) in [6.45, 7) is -0.170. The van der Waals surface area contributed by atoms with Crippen LogP contribution in [0.3, 0.4) is 0 Å². The Bertz CT molecular complexity index is 1180. The van der Waals surface area contributed by atoms with Crippen LogP contribution in [-0.2, 0) is 35.4 Å². The molecule has 0 unspecified atom stereocenters. The normalized spacial score (nSPS) is 15.6. The van der Waals surface area contributed by atoms with Gasteiger partial charge in [-0.05, 0) is 67.1 Å². The van der Waals surface area contributed by atoms with E-state index < -0.39 is 5.97 Å². The molecule has 2 N–H and O–H groups in total. The molecule has 4 rings (SSSR count). The smallest absolute Gasteiger partial charge is 0.323 e. The highest BCUT2D eigenvalue weighted by atomic mass is 35.5. The lowest BCUT2D eigenvalue weighted by Gasteiger charge is -2.25. The fraction of sp³-hybridized carbons (Fsp3) is 0.304. The summed E-state index contributed by atoms with van der Waals surface area (Å²) in [5.41, 5.74) is 3.38. The number of benzene rings is 2. The van der Waals surface area contributed by atoms with Crippen molar-refractivity contribution in [3.63, 3.8) is 0 Å². The van der Waals surface area contributed by atoms with E-state index in [0.29, 0.717) is 53.1 Å². The lowest BCUT2D eigenvalue weighted by atomic mass is 9.91. The molecule has 0 spiro atoms. The number of aryl methyl sites for hydroxylation is 1. The largest absolute Gasteiger partial charge is 0.480 e. The van der Waals surface area contributed by atoms with Gasteiger partial charge in [0.1, 0.15) is 12.4 Å². The van der Waals surface area contributed by atoms with Crippen LogP contribution in [0, 0.1) is 5.82 Å². The first kappa shape index (κ1) is 21.7. The molecular weight excluding hydrogens is 442 g/mol. The third kappa shape index (κ3) is 4.70. The van der Waals surface area contributed by atoms with Gasteiger partial charge in [0, 0.05) is 39.1 Å². The van der Waals surface area contributed by atoms with E-state index in [1.807, 2.05) is 6.07 Å². The van der Waals surface area contributed by atoms with Gasteiger partial charge in [0.25, 0.3) is 0 Å². The summed E-state index contributed by atoms with van der Waals surface area (Å²) in [6.07, 6.45) is 2.64. The average molecular weight is 463 g/mol. The van der Waals surface area contributed by atoms with Gasteiger partial charge in [0.15, 0.2) is 0 Å². The summed E-state index contributed by atoms with van der Waals surface area (Å²) >= 11 is 12.1. The van der Waals surface area contributed by atoms with Crippen LogP contribution in [0.2, 0.25) is 10.0 Å². The van der Waals surface area contributed by atoms with Gasteiger partial charge in [-0.3, -0.25) is 9.59 Å². The number of hydrogen-bond donors (Lipinski definition) is 2. The number of amides is 1. The fourth-order valence-corrected chi connectivity index (χ4v) is 4.84. The number of aromatic nitrogens is 1. The van der Waals surface area contributed by atoms with Crippen molar-refractivity contribution in [2.75, 3.05) is 0 Å². The third-order valence-electron chi connectivity index (χ3n) is 5.72. The van der Waals surface area contributed by atoms with E-state index in [4.69, 9.17) is 23.2 Å². The van der Waals surface area contributed by atoms with Gasteiger partial charge in [-0.2, -0.15) is 0 Å². The molecule has 5 nitrogen and oxygen atoms in total. The highest BCUT2D eigenvalue weighted by Gasteiger charge is 2.27. The van der Waals surface area contributed by atoms with Gasteiger partial charge in [0.05, 0.1) is 0 Å². The van der Waals surface area contributed by atoms with Crippen LogP contribution >= 0.6 is 23.2 Å². The van der Waals surface area contributed by atoms with E-state index >= 15 is 0 Å². The van der Waals surface area contributed by atoms with E-state index in [1.54, 1.807) is 22.8 Å². The first-order valence-electron chi connectivity index (χ1n) is 10.1. The zero-order chi connectivity index (χ0) is 22.1. The van der Waals surface area contributed by atoms with E-state index in [2.05, 4.69) is 5.32 Å². The molecule has 1 aliphatic rings. The number of carbonyl (C=O) groups is 2. The second kappa shape index (κ2) is 8.89. The van der Waals surface area contributed by atoms with Crippen molar-refractivity contribution in [2.24, 2.45) is 0 Å². The van der Waals surface area contributed by atoms with E-state index in [9.17, 15) is 19.1 Å². The summed E-state index contributed by atoms with van der Waals surface area (Å²) in [5.74, 6) is -1.39. The van der Waals surface area contributed by atoms with Crippen molar-refractivity contribution in [2.45, 2.75) is 44.7 Å². The maximum Gasteiger partial charge on any atom is 0.323 e. The zero-order valence-electron chi connectivity index (χ0n) is 16.6. The van der Waals surface area contributed by atoms with Crippen LogP contribution in [0.1, 0.15) is 29.7 Å². The predicted molar refractivity (Wildman–Crippen MR) is 118 cm³/mol. The van der Waals surface area contributed by atoms with Crippen molar-refractivity contribution in [3.8, 4) is 0 Å². The van der Waals surface area contributed by atoms with E-state index in [0.717, 1.165) is 16.8 Å². The molecule has 0 saturated heterocycles. The molecule has 0 aliphatic heterocycles. The Balaban J connectivity index is 1.48. The Hall–Kier alpha value is -2.57. The van der Waals surface area contributed by atoms with Crippen LogP contribution in [0.4, 0.5) is 4.39 Å². The van der Waals surface area contributed by atoms with Crippen LogP contribution in [0.25, 0.3) is 10.9 Å². The molecule has 0 fully saturated rings. The number of halogens is 3. The molecule has 1 atom stereocenters. The minimum atomic E-state index is -0.944. The Kier molecular flexibility index (Phi) is 6.21. The van der Waals surface area contributed by atoms with Crippen LogP contribution in [0.15, 0.2) is 36.4 Å². The quantitative estimate of drug-likeness (QED) is 0.553. The Morgan fingerprint density at radius 3 is 2.74 bits per heavy atom. The average Bonchev–Trinajstić information content (AvgIpc) is 2.99. The summed E-state index contributed by atoms with van der Waals surface area (Å²) < 4.78 is 15.6. The molecule has 1 aromatic heterocycles. The number of nitrogens with one attached hydrogen (secondary N) is 1. The number of carboxylic acid groups (broad SMARTS) is 1. The minimum absolute atomic E-state index is 0.0834. The number of carbonyl (C=O) groups excluding carboxylic acids is 1. The second-order valence-corrected chi connectivity index (χ2v) is 8.65. The molecule has 31 heavy (non-hydrogen) atoms. The van der Waals surface area contributed by atoms with Crippen LogP contribution < -0.4 is 5.32 Å². The predicted octanol–water partition coefficient (Wildman–Crippen LogP) is 4.78. The Morgan fingerprint density at radius 2 is 2.00 bits per heavy atom. The highest BCUT2D eigenvalue weighted by molar-refractivity contribution is 6.35. The molecule has 162 valence electrons. The molecule has 0 radical (unpaired) electrons. The maximum atomic E-state index is 13.9. The topological polar surface area (TPSA) is 71.3 Å². The molecule has 8 heteroatoms. The molecule has 2 aromatic carbocycles. The summed E-state index contributed by atoms with van der Waals surface area (Å²) in [4.78, 5) is 23.9. The molecule has 0 bridgehead atoms. The number of fused-ring (bicyclic) bond motifs is 3. The monoisotopic (exact) mass is 462 g/mol. The van der Waals surface area contributed by atoms with Crippen LogP contribution in [-0.4, -0.2) is 27.6 Å². The third-order valence-corrected chi connectivity index (χ3v) is 6.31. The number of nitrogens with zero attached hydrogens (tertiary/aromatic N) is 1. The highest BCUT2D eigenvalue weighted by Crippen LogP contribution is 2.33. The molecule has 3 aromatic rings. The first-order chi connectivity index (χ1) is 14.8. The van der Waals surface area contributed by atoms with Gasteiger partial charge >= 0.3 is 5.97 Å². The standard InChI is InChI=1S/C23H21Cl2FN2O3/c24-14-3-1-13(19(25)9-14)2-8-22(29)27-16-5-7-21-18(11-16)17-10-15(26)4-6-20(17)28(21)12-23(30)31/h1,3-4,6,9-10,16H,2,5,7-8,11-12H2,(H,27,29)(H,30,31)/t16-/m0/s1. The van der Waals surface area contributed by atoms with Crippen molar-refractivity contribution in [1.29, 1.82) is 0 Å². The van der Waals surface area contributed by atoms with E-state index in [1.165, 1.54) is 12.1 Å². The van der Waals surface area contributed by atoms with Gasteiger partial charge in [0.2, 0.25) is 5.91 Å². The van der Waals surface area contributed by atoms with Gasteiger partial charge in [-0.15, -0.1) is 0 Å². The molecule has 1 heterocycles. The minimum Gasteiger partial charge on any atom is -0.480 e. The first-order valence-corrected chi connectivity index (χ1v) is 10.8. The summed E-state index contributed by atoms with van der Waals surface area (Å²) in [5, 5.41) is 14.2. The second-order valence-electron chi connectivity index (χ2n) is 7.81. The van der Waals surface area contributed by atoms with Gasteiger partial charge < -0.3 is 15.0 Å². The molecular formula is C23H21Cl2FN2O3. The Morgan fingerprint density at radius 1 is 1.19 bits per heavy atom. The van der Waals surface area contributed by atoms with Crippen molar-refractivity contribution >= 4 is 46.0 Å². The SMILES string of the molecule is O=C(O)Cn1c2c(c3cc(F)ccc31)C[C@@H](NC(=O)CCc1ccc(Cl)cc1Cl)CC2. The lowest BCUT2D eigenvalue weighted by Crippen LogP contribution is -2.39.